The van der Waals surface area contributed by atoms with Crippen molar-refractivity contribution in [2.24, 2.45) is 0 Å². The highest BCUT2D eigenvalue weighted by molar-refractivity contribution is 9.10. The fourth-order valence-electron chi connectivity index (χ4n) is 2.23. The minimum absolute atomic E-state index is 0.0201. The van der Waals surface area contributed by atoms with E-state index in [0.29, 0.717) is 6.54 Å². The summed E-state index contributed by atoms with van der Waals surface area (Å²) in [7, 11) is 0. The average molecular weight is 341 g/mol. The van der Waals surface area contributed by atoms with Gasteiger partial charge < -0.3 is 10.1 Å². The number of hydrogen-bond acceptors (Lipinski definition) is 3. The van der Waals surface area contributed by atoms with Gasteiger partial charge in [-0.2, -0.15) is 0 Å². The Kier molecular flexibility index (Phi) is 4.70. The topological polar surface area (TPSA) is 41.6 Å². The van der Waals surface area contributed by atoms with Gasteiger partial charge in [0.05, 0.1) is 6.04 Å². The molecule has 5 heteroatoms. The molecule has 1 heterocycles. The summed E-state index contributed by atoms with van der Waals surface area (Å²) in [4.78, 5) is 14.1. The fraction of sp³-hybridized carbons (Fsp3) is 0.533. The first-order valence-corrected chi connectivity index (χ1v) is 7.62. The Morgan fingerprint density at radius 3 is 2.60 bits per heavy atom. The largest absolute Gasteiger partial charge is 0.444 e. The van der Waals surface area contributed by atoms with Crippen LogP contribution in [0, 0.1) is 0 Å². The van der Waals surface area contributed by atoms with Crippen LogP contribution in [-0.4, -0.2) is 36.2 Å². The number of rotatable bonds is 1. The summed E-state index contributed by atoms with van der Waals surface area (Å²) in [6.45, 7) is 7.88. The second-order valence-corrected chi connectivity index (χ2v) is 6.86. The molecule has 1 N–H and O–H groups in total. The number of nitrogens with zero attached hydrogens (tertiary/aromatic N) is 1. The molecule has 0 saturated carbocycles. The minimum atomic E-state index is -0.466. The number of carbonyl (C=O) groups excluding carboxylic acids is 1. The molecule has 0 aliphatic carbocycles. The van der Waals surface area contributed by atoms with Crippen molar-refractivity contribution in [3.8, 4) is 0 Å². The number of hydrogen-bond donors (Lipinski definition) is 1. The van der Waals surface area contributed by atoms with Crippen molar-refractivity contribution < 1.29 is 9.53 Å². The summed E-state index contributed by atoms with van der Waals surface area (Å²) >= 11 is 3.43. The Morgan fingerprint density at radius 1 is 1.35 bits per heavy atom. The van der Waals surface area contributed by atoms with E-state index in [-0.39, 0.29) is 12.1 Å². The number of amides is 1. The molecule has 1 aromatic rings. The Bertz CT molecular complexity index is 468. The third kappa shape index (κ3) is 3.96. The maximum atomic E-state index is 12.3. The van der Waals surface area contributed by atoms with Crippen molar-refractivity contribution in [2.45, 2.75) is 32.4 Å². The van der Waals surface area contributed by atoms with Crippen molar-refractivity contribution in [1.82, 2.24) is 10.2 Å². The number of piperazine rings is 1. The van der Waals surface area contributed by atoms with E-state index < -0.39 is 5.60 Å². The van der Waals surface area contributed by atoms with Crippen molar-refractivity contribution in [2.75, 3.05) is 19.6 Å². The molecule has 1 amide bonds. The van der Waals surface area contributed by atoms with Crippen LogP contribution in [0.25, 0.3) is 0 Å². The van der Waals surface area contributed by atoms with Gasteiger partial charge in [0.15, 0.2) is 0 Å². The highest BCUT2D eigenvalue weighted by Gasteiger charge is 2.31. The minimum Gasteiger partial charge on any atom is -0.444 e. The van der Waals surface area contributed by atoms with Gasteiger partial charge in [-0.1, -0.05) is 28.1 Å². The standard InChI is InChI=1S/C15H21BrN2O2/c1-15(2,3)20-14(19)18-9-8-17-10-13(18)11-4-6-12(16)7-5-11/h4-7,13,17H,8-10H2,1-3H3. The number of carbonyl (C=O) groups is 1. The lowest BCUT2D eigenvalue weighted by Crippen LogP contribution is -2.50. The van der Waals surface area contributed by atoms with Crippen LogP contribution in [0.15, 0.2) is 28.7 Å². The number of halogens is 1. The summed E-state index contributed by atoms with van der Waals surface area (Å²) < 4.78 is 6.54. The van der Waals surface area contributed by atoms with Crippen LogP contribution in [0.3, 0.4) is 0 Å². The van der Waals surface area contributed by atoms with Gasteiger partial charge in [0.25, 0.3) is 0 Å². The first-order valence-electron chi connectivity index (χ1n) is 6.82. The molecule has 1 saturated heterocycles. The molecule has 0 radical (unpaired) electrons. The average Bonchev–Trinajstić information content (AvgIpc) is 2.38. The van der Waals surface area contributed by atoms with Gasteiger partial charge in [0.2, 0.25) is 0 Å². The monoisotopic (exact) mass is 340 g/mol. The van der Waals surface area contributed by atoms with E-state index in [2.05, 4.69) is 21.2 Å². The van der Waals surface area contributed by atoms with Gasteiger partial charge in [-0.15, -0.1) is 0 Å². The Hall–Kier alpha value is -1.07. The molecular formula is C15H21BrN2O2. The quantitative estimate of drug-likeness (QED) is 0.852. The summed E-state index contributed by atoms with van der Waals surface area (Å²) in [5.74, 6) is 0. The van der Waals surface area contributed by atoms with Crippen LogP contribution >= 0.6 is 15.9 Å². The van der Waals surface area contributed by atoms with Crippen LogP contribution in [-0.2, 0) is 4.74 Å². The fourth-order valence-corrected chi connectivity index (χ4v) is 2.49. The van der Waals surface area contributed by atoms with E-state index in [1.807, 2.05) is 49.9 Å². The molecular weight excluding hydrogens is 320 g/mol. The predicted molar refractivity (Wildman–Crippen MR) is 82.7 cm³/mol. The third-order valence-electron chi connectivity index (χ3n) is 3.13. The van der Waals surface area contributed by atoms with E-state index in [4.69, 9.17) is 4.74 Å². The summed E-state index contributed by atoms with van der Waals surface area (Å²) in [5.41, 5.74) is 0.651. The van der Waals surface area contributed by atoms with Crippen LogP contribution in [0.1, 0.15) is 32.4 Å². The first-order chi connectivity index (χ1) is 9.37. The Labute approximate surface area is 128 Å². The third-order valence-corrected chi connectivity index (χ3v) is 3.65. The van der Waals surface area contributed by atoms with E-state index in [1.165, 1.54) is 0 Å². The van der Waals surface area contributed by atoms with E-state index in [1.54, 1.807) is 0 Å². The number of ether oxygens (including phenoxy) is 1. The van der Waals surface area contributed by atoms with E-state index in [0.717, 1.165) is 23.1 Å². The molecule has 1 unspecified atom stereocenters. The molecule has 1 aliphatic heterocycles. The Morgan fingerprint density at radius 2 is 2.00 bits per heavy atom. The van der Waals surface area contributed by atoms with Crippen molar-refractivity contribution in [3.63, 3.8) is 0 Å². The molecule has 0 aromatic heterocycles. The summed E-state index contributed by atoms with van der Waals surface area (Å²) in [6.07, 6.45) is -0.244. The van der Waals surface area contributed by atoms with Gasteiger partial charge >= 0.3 is 6.09 Å². The van der Waals surface area contributed by atoms with Crippen LogP contribution in [0.5, 0.6) is 0 Å². The van der Waals surface area contributed by atoms with Gasteiger partial charge in [0.1, 0.15) is 5.60 Å². The Balaban J connectivity index is 2.16. The van der Waals surface area contributed by atoms with Gasteiger partial charge in [-0.25, -0.2) is 4.79 Å². The molecule has 110 valence electrons. The highest BCUT2D eigenvalue weighted by Crippen LogP contribution is 2.25. The van der Waals surface area contributed by atoms with Crippen LogP contribution in [0.4, 0.5) is 4.79 Å². The van der Waals surface area contributed by atoms with Crippen LogP contribution < -0.4 is 5.32 Å². The zero-order valence-corrected chi connectivity index (χ0v) is 13.7. The normalized spacial score (nSPS) is 19.8. The molecule has 1 atom stereocenters. The second-order valence-electron chi connectivity index (χ2n) is 5.95. The molecule has 20 heavy (non-hydrogen) atoms. The molecule has 2 rings (SSSR count). The molecule has 0 bridgehead atoms. The number of nitrogens with one attached hydrogen (secondary N) is 1. The smallest absolute Gasteiger partial charge is 0.410 e. The van der Waals surface area contributed by atoms with E-state index >= 15 is 0 Å². The second kappa shape index (κ2) is 6.14. The van der Waals surface area contributed by atoms with Crippen molar-refractivity contribution in [3.05, 3.63) is 34.3 Å². The molecule has 1 aromatic carbocycles. The van der Waals surface area contributed by atoms with Gasteiger partial charge in [-0.05, 0) is 38.5 Å². The van der Waals surface area contributed by atoms with Crippen LogP contribution in [0.2, 0.25) is 0 Å². The van der Waals surface area contributed by atoms with E-state index in [9.17, 15) is 4.79 Å². The summed E-state index contributed by atoms with van der Waals surface area (Å²) in [6, 6.07) is 8.10. The van der Waals surface area contributed by atoms with Gasteiger partial charge in [0, 0.05) is 24.1 Å². The molecule has 0 spiro atoms. The lowest BCUT2D eigenvalue weighted by atomic mass is 10.0. The molecule has 4 nitrogen and oxygen atoms in total. The zero-order chi connectivity index (χ0) is 14.8. The molecule has 1 fully saturated rings. The SMILES string of the molecule is CC(C)(C)OC(=O)N1CCNCC1c1ccc(Br)cc1. The first kappa shape index (κ1) is 15.3. The zero-order valence-electron chi connectivity index (χ0n) is 12.1. The lowest BCUT2D eigenvalue weighted by Gasteiger charge is -2.37. The highest BCUT2D eigenvalue weighted by atomic mass is 79.9. The maximum absolute atomic E-state index is 12.3. The van der Waals surface area contributed by atoms with Crippen molar-refractivity contribution >= 4 is 22.0 Å². The molecule has 1 aliphatic rings. The van der Waals surface area contributed by atoms with Gasteiger partial charge in [-0.3, -0.25) is 4.90 Å². The lowest BCUT2D eigenvalue weighted by molar-refractivity contribution is 0.0118. The van der Waals surface area contributed by atoms with Crippen molar-refractivity contribution in [1.29, 1.82) is 0 Å². The summed E-state index contributed by atoms with van der Waals surface area (Å²) in [5, 5.41) is 3.33. The maximum Gasteiger partial charge on any atom is 0.410 e. The predicted octanol–water partition coefficient (Wildman–Crippen LogP) is 3.33. The number of benzene rings is 1.